The van der Waals surface area contributed by atoms with Crippen molar-refractivity contribution in [3.05, 3.63) is 65.0 Å². The molecule has 40 heavy (non-hydrogen) atoms. The molecule has 5 rings (SSSR count). The van der Waals surface area contributed by atoms with E-state index in [4.69, 9.17) is 0 Å². The molecule has 7 heteroatoms. The number of nitrogens with zero attached hydrogens (tertiary/aromatic N) is 5. The van der Waals surface area contributed by atoms with E-state index in [1.54, 1.807) is 0 Å². The number of aromatic nitrogens is 3. The Hall–Kier alpha value is -3.58. The van der Waals surface area contributed by atoms with Gasteiger partial charge in [-0.2, -0.15) is 5.10 Å². The summed E-state index contributed by atoms with van der Waals surface area (Å²) in [6, 6.07) is 8.46. The summed E-state index contributed by atoms with van der Waals surface area (Å²) in [6.45, 7) is 12.3. The van der Waals surface area contributed by atoms with Crippen LogP contribution in [0.15, 0.2) is 59.5 Å². The molecule has 0 unspecified atom stereocenters. The largest absolute Gasteiger partial charge is 0.354 e. The Morgan fingerprint density at radius 1 is 1.05 bits per heavy atom. The van der Waals surface area contributed by atoms with Gasteiger partial charge in [-0.25, -0.2) is 4.98 Å². The van der Waals surface area contributed by atoms with Gasteiger partial charge in [0.2, 0.25) is 0 Å². The van der Waals surface area contributed by atoms with Crippen molar-refractivity contribution < 1.29 is 9.59 Å². The summed E-state index contributed by atoms with van der Waals surface area (Å²) in [7, 11) is 2.15. The predicted molar refractivity (Wildman–Crippen MR) is 162 cm³/mol. The molecule has 7 nitrogen and oxygen atoms in total. The Balaban J connectivity index is 1.50. The van der Waals surface area contributed by atoms with Gasteiger partial charge >= 0.3 is 0 Å². The number of fused-ring (bicyclic) bond motifs is 1. The van der Waals surface area contributed by atoms with Crippen LogP contribution < -0.4 is 4.90 Å². The summed E-state index contributed by atoms with van der Waals surface area (Å²) >= 11 is 0. The van der Waals surface area contributed by atoms with E-state index in [1.807, 2.05) is 36.1 Å². The Labute approximate surface area is 237 Å². The lowest BCUT2D eigenvalue weighted by atomic mass is 9.86. The molecule has 0 atom stereocenters. The number of ketones is 2. The Morgan fingerprint density at radius 3 is 2.55 bits per heavy atom. The van der Waals surface area contributed by atoms with Crippen LogP contribution in [0.2, 0.25) is 0 Å². The topological polar surface area (TPSA) is 71.3 Å². The van der Waals surface area contributed by atoms with Crippen molar-refractivity contribution in [1.29, 1.82) is 0 Å². The summed E-state index contributed by atoms with van der Waals surface area (Å²) in [4.78, 5) is 36.1. The highest BCUT2D eigenvalue weighted by atomic mass is 16.1. The van der Waals surface area contributed by atoms with Gasteiger partial charge in [0.05, 0.1) is 11.7 Å². The van der Waals surface area contributed by atoms with Crippen molar-refractivity contribution >= 4 is 28.3 Å². The molecule has 1 aromatic carbocycles. The number of piperazine rings is 1. The van der Waals surface area contributed by atoms with Crippen LogP contribution in [0.5, 0.6) is 0 Å². The maximum absolute atomic E-state index is 13.8. The quantitative estimate of drug-likeness (QED) is 0.293. The fourth-order valence-electron chi connectivity index (χ4n) is 5.90. The van der Waals surface area contributed by atoms with Gasteiger partial charge in [0.15, 0.2) is 11.6 Å². The van der Waals surface area contributed by atoms with E-state index in [2.05, 4.69) is 65.9 Å². The number of likely N-dealkylation sites (N-methyl/N-ethyl adjacent to an activating group) is 1. The van der Waals surface area contributed by atoms with E-state index >= 15 is 0 Å². The van der Waals surface area contributed by atoms with Crippen LogP contribution in [0, 0.1) is 0 Å². The van der Waals surface area contributed by atoms with Crippen molar-refractivity contribution in [2.75, 3.05) is 38.1 Å². The van der Waals surface area contributed by atoms with Gasteiger partial charge in [-0.1, -0.05) is 25.0 Å². The monoisotopic (exact) mass is 539 g/mol. The minimum Gasteiger partial charge on any atom is -0.354 e. The first-order valence-electron chi connectivity index (χ1n) is 14.6. The van der Waals surface area contributed by atoms with Crippen LogP contribution in [-0.2, 0) is 4.79 Å². The third kappa shape index (κ3) is 5.80. The molecule has 3 heterocycles. The minimum absolute atomic E-state index is 0.0472. The summed E-state index contributed by atoms with van der Waals surface area (Å²) in [5, 5.41) is 5.51. The van der Waals surface area contributed by atoms with Crippen molar-refractivity contribution in [1.82, 2.24) is 19.7 Å². The highest BCUT2D eigenvalue weighted by molar-refractivity contribution is 6.09. The molecule has 1 saturated heterocycles. The first-order valence-corrected chi connectivity index (χ1v) is 14.6. The summed E-state index contributed by atoms with van der Waals surface area (Å²) in [6.07, 6.45) is 8.90. The number of rotatable bonds is 9. The van der Waals surface area contributed by atoms with E-state index < -0.39 is 0 Å². The molecule has 0 bridgehead atoms. The zero-order valence-corrected chi connectivity index (χ0v) is 24.5. The second-order valence-electron chi connectivity index (χ2n) is 11.6. The van der Waals surface area contributed by atoms with Crippen LogP contribution in [0.3, 0.4) is 0 Å². The zero-order chi connectivity index (χ0) is 28.4. The van der Waals surface area contributed by atoms with E-state index in [-0.39, 0.29) is 17.6 Å². The van der Waals surface area contributed by atoms with Gasteiger partial charge in [0, 0.05) is 62.2 Å². The molecular weight excluding hydrogens is 498 g/mol. The number of pyridine rings is 1. The van der Waals surface area contributed by atoms with Gasteiger partial charge in [0.1, 0.15) is 5.82 Å². The zero-order valence-electron chi connectivity index (χ0n) is 24.5. The van der Waals surface area contributed by atoms with Gasteiger partial charge < -0.3 is 9.80 Å². The van der Waals surface area contributed by atoms with E-state index in [0.29, 0.717) is 24.8 Å². The lowest BCUT2D eigenvalue weighted by molar-refractivity contribution is -0.115. The predicted octanol–water partition coefficient (Wildman–Crippen LogP) is 6.41. The molecule has 210 valence electrons. The molecule has 0 N–H and O–H groups in total. The third-order valence-corrected chi connectivity index (χ3v) is 8.12. The minimum atomic E-state index is 0.0472. The second-order valence-corrected chi connectivity index (χ2v) is 11.6. The fraction of sp³-hybridized carbons (Fsp3) is 0.455. The van der Waals surface area contributed by atoms with E-state index in [0.717, 1.165) is 83.6 Å². The first-order chi connectivity index (χ1) is 19.2. The summed E-state index contributed by atoms with van der Waals surface area (Å²) in [5.74, 6) is 1.17. The fourth-order valence-corrected chi connectivity index (χ4v) is 5.90. The summed E-state index contributed by atoms with van der Waals surface area (Å²) in [5.41, 5.74) is 6.67. The maximum atomic E-state index is 13.8. The van der Waals surface area contributed by atoms with Crippen LogP contribution in [0.25, 0.3) is 22.0 Å². The molecule has 0 saturated carbocycles. The number of carbonyl (C=O) groups is 2. The van der Waals surface area contributed by atoms with Gasteiger partial charge in [-0.3, -0.25) is 14.3 Å². The van der Waals surface area contributed by atoms with Crippen LogP contribution in [0.1, 0.15) is 76.2 Å². The Bertz CT molecular complexity index is 1490. The summed E-state index contributed by atoms with van der Waals surface area (Å²) < 4.78 is 1.98. The number of hydrogen-bond donors (Lipinski definition) is 0. The lowest BCUT2D eigenvalue weighted by Crippen LogP contribution is -2.44. The SMILES string of the molecule is CCCC1=C(CCC(=O)c2cc(-c3ccnc(N4CCN(C)CC4)c3)cc3c2cnn3C(C)C)C(=O)CC(C)=C1. The van der Waals surface area contributed by atoms with Crippen LogP contribution in [0.4, 0.5) is 5.82 Å². The van der Waals surface area contributed by atoms with Crippen LogP contribution in [-0.4, -0.2) is 64.5 Å². The van der Waals surface area contributed by atoms with Gasteiger partial charge in [-0.15, -0.1) is 0 Å². The van der Waals surface area contributed by atoms with Crippen molar-refractivity contribution in [2.45, 2.75) is 65.8 Å². The molecule has 0 spiro atoms. The molecule has 0 radical (unpaired) electrons. The number of allylic oxidation sites excluding steroid dienone is 4. The normalized spacial score (nSPS) is 16.8. The van der Waals surface area contributed by atoms with E-state index in [9.17, 15) is 9.59 Å². The molecule has 0 amide bonds. The average molecular weight is 540 g/mol. The van der Waals surface area contributed by atoms with Crippen LogP contribution >= 0.6 is 0 Å². The molecule has 2 aromatic heterocycles. The lowest BCUT2D eigenvalue weighted by Gasteiger charge is -2.33. The van der Waals surface area contributed by atoms with Gasteiger partial charge in [-0.05, 0) is 87.2 Å². The number of benzene rings is 1. The highest BCUT2D eigenvalue weighted by Gasteiger charge is 2.23. The molecule has 1 aliphatic heterocycles. The number of hydrogen-bond acceptors (Lipinski definition) is 6. The molecule has 1 fully saturated rings. The van der Waals surface area contributed by atoms with Crippen molar-refractivity contribution in [3.8, 4) is 11.1 Å². The molecule has 2 aliphatic rings. The number of anilines is 1. The van der Waals surface area contributed by atoms with Gasteiger partial charge in [0.25, 0.3) is 0 Å². The smallest absolute Gasteiger partial charge is 0.163 e. The second kappa shape index (κ2) is 11.9. The number of carbonyl (C=O) groups excluding carboxylic acids is 2. The molecule has 1 aliphatic carbocycles. The Morgan fingerprint density at radius 2 is 1.82 bits per heavy atom. The maximum Gasteiger partial charge on any atom is 0.163 e. The van der Waals surface area contributed by atoms with Crippen molar-refractivity contribution in [2.24, 2.45) is 0 Å². The molecule has 3 aromatic rings. The first kappa shape index (κ1) is 28.0. The standard InChI is InChI=1S/C33H41N5O2/c1-6-7-25-16-23(4)17-32(40)27(25)8-9-31(39)28-18-26(19-30-29(28)21-35-38(30)22(2)3)24-10-11-34-33(20-24)37-14-12-36(5)13-15-37/h10-11,16,18-22H,6-9,12-15,17H2,1-5H3. The Kier molecular flexibility index (Phi) is 8.31. The highest BCUT2D eigenvalue weighted by Crippen LogP contribution is 2.33. The third-order valence-electron chi connectivity index (χ3n) is 8.12. The van der Waals surface area contributed by atoms with E-state index in [1.165, 1.54) is 0 Å². The van der Waals surface area contributed by atoms with Crippen molar-refractivity contribution in [3.63, 3.8) is 0 Å². The molecular formula is C33H41N5O2. The number of Topliss-reactive ketones (excluding diaryl/α,β-unsaturated/α-hetero) is 2. The average Bonchev–Trinajstić information content (AvgIpc) is 3.37.